The lowest BCUT2D eigenvalue weighted by Crippen LogP contribution is -2.49. The summed E-state index contributed by atoms with van der Waals surface area (Å²) >= 11 is 5.29. The van der Waals surface area contributed by atoms with Crippen LogP contribution >= 0.6 is 12.2 Å². The molecule has 1 atom stereocenters. The zero-order valence-corrected chi connectivity index (χ0v) is 16.9. The molecule has 28 heavy (non-hydrogen) atoms. The lowest BCUT2D eigenvalue weighted by molar-refractivity contribution is -0.132. The summed E-state index contributed by atoms with van der Waals surface area (Å²) in [6.45, 7) is 5.59. The molecule has 1 aliphatic heterocycles. The maximum Gasteiger partial charge on any atom is 0.344 e. The molecule has 1 aliphatic rings. The molecule has 1 saturated heterocycles. The van der Waals surface area contributed by atoms with Crippen LogP contribution in [0.1, 0.15) is 23.6 Å². The fraction of sp³-hybridized carbons (Fsp3) is 0.250. The lowest BCUT2D eigenvalue weighted by atomic mass is 9.92. The van der Waals surface area contributed by atoms with Gasteiger partial charge in [-0.15, -0.1) is 0 Å². The van der Waals surface area contributed by atoms with E-state index in [0.717, 1.165) is 21.8 Å². The summed E-state index contributed by atoms with van der Waals surface area (Å²) in [6, 6.07) is 12.3. The maximum absolute atomic E-state index is 13.0. The Kier molecular flexibility index (Phi) is 5.24. The Bertz CT molecular complexity index is 962. The van der Waals surface area contributed by atoms with E-state index >= 15 is 0 Å². The van der Waals surface area contributed by atoms with Crippen molar-refractivity contribution >= 4 is 35.0 Å². The van der Waals surface area contributed by atoms with Gasteiger partial charge in [0, 0.05) is 5.69 Å². The predicted molar refractivity (Wildman–Crippen MR) is 111 cm³/mol. The Morgan fingerprint density at radius 2 is 1.93 bits per heavy atom. The van der Waals surface area contributed by atoms with Crippen molar-refractivity contribution < 1.29 is 14.3 Å². The number of benzene rings is 2. The van der Waals surface area contributed by atoms with Crippen LogP contribution in [0.2, 0.25) is 0 Å². The molecule has 146 valence electrons. The number of carbonyl (C=O) groups is 2. The summed E-state index contributed by atoms with van der Waals surface area (Å²) in [5, 5.41) is 6.77. The lowest BCUT2D eigenvalue weighted by Gasteiger charge is -2.23. The number of aryl methyl sites for hydroxylation is 2. The molecule has 1 heterocycles. The number of thiocarbonyl (C=S) groups is 1. The van der Waals surface area contributed by atoms with Crippen molar-refractivity contribution in [1.29, 1.82) is 0 Å². The van der Waals surface area contributed by atoms with Crippen LogP contribution in [-0.4, -0.2) is 29.2 Å². The topological polar surface area (TPSA) is 82.7 Å². The monoisotopic (exact) mass is 398 g/mol. The zero-order valence-electron chi connectivity index (χ0n) is 16.1. The Labute approximate surface area is 169 Å². The molecule has 0 spiro atoms. The maximum atomic E-state index is 13.0. The van der Waals surface area contributed by atoms with Crippen LogP contribution in [0.15, 0.2) is 42.5 Å². The van der Waals surface area contributed by atoms with E-state index in [9.17, 15) is 9.59 Å². The van der Waals surface area contributed by atoms with Crippen LogP contribution in [0.25, 0.3) is 0 Å². The summed E-state index contributed by atoms with van der Waals surface area (Å²) < 4.78 is 5.21. The van der Waals surface area contributed by atoms with Crippen LogP contribution in [0.3, 0.4) is 0 Å². The number of amides is 3. The van der Waals surface area contributed by atoms with E-state index in [1.807, 2.05) is 32.0 Å². The van der Waals surface area contributed by atoms with Crippen molar-refractivity contribution in [2.45, 2.75) is 26.3 Å². The zero-order chi connectivity index (χ0) is 20.5. The van der Waals surface area contributed by atoms with Gasteiger partial charge in [-0.2, -0.15) is 5.01 Å². The fourth-order valence-electron chi connectivity index (χ4n) is 3.08. The summed E-state index contributed by atoms with van der Waals surface area (Å²) in [5.74, 6) is 0.134. The van der Waals surface area contributed by atoms with E-state index in [2.05, 4.69) is 16.1 Å². The van der Waals surface area contributed by atoms with E-state index in [1.165, 1.54) is 0 Å². The van der Waals surface area contributed by atoms with Crippen molar-refractivity contribution in [2.24, 2.45) is 0 Å². The van der Waals surface area contributed by atoms with Crippen molar-refractivity contribution in [3.63, 3.8) is 0 Å². The van der Waals surface area contributed by atoms with Gasteiger partial charge in [-0.1, -0.05) is 29.8 Å². The normalized spacial score (nSPS) is 18.6. The van der Waals surface area contributed by atoms with E-state index < -0.39 is 17.5 Å². The molecule has 0 aromatic heterocycles. The van der Waals surface area contributed by atoms with Gasteiger partial charge >= 0.3 is 6.03 Å². The highest BCUT2D eigenvalue weighted by atomic mass is 32.1. The average Bonchev–Trinajstić information content (AvgIpc) is 2.88. The van der Waals surface area contributed by atoms with Gasteiger partial charge in [0.05, 0.1) is 7.11 Å². The van der Waals surface area contributed by atoms with Crippen molar-refractivity contribution in [3.8, 4) is 5.75 Å². The standard InChI is InChI=1S/C20H22N4O3S/c1-12-8-9-16(13(2)10-12)21-18(28)23-24-17(25)20(3,22-19(24)26)14-6-5-7-15(11-14)27-4/h5-11H,1-4H3,(H,22,26)(H2,21,23,28). The van der Waals surface area contributed by atoms with Crippen molar-refractivity contribution in [3.05, 3.63) is 59.2 Å². The number of ether oxygens (including phenoxy) is 1. The third-order valence-electron chi connectivity index (χ3n) is 4.68. The van der Waals surface area contributed by atoms with Gasteiger partial charge < -0.3 is 15.4 Å². The Hall–Kier alpha value is -3.13. The second-order valence-corrected chi connectivity index (χ2v) is 7.22. The molecule has 3 N–H and O–H groups in total. The molecular formula is C20H22N4O3S. The molecule has 3 rings (SSSR count). The summed E-state index contributed by atoms with van der Waals surface area (Å²) in [6.07, 6.45) is 0. The minimum absolute atomic E-state index is 0.144. The van der Waals surface area contributed by atoms with Crippen LogP contribution in [0.5, 0.6) is 5.75 Å². The highest BCUT2D eigenvalue weighted by Crippen LogP contribution is 2.30. The Balaban J connectivity index is 1.77. The van der Waals surface area contributed by atoms with Crippen molar-refractivity contribution in [2.75, 3.05) is 12.4 Å². The van der Waals surface area contributed by atoms with Crippen molar-refractivity contribution in [1.82, 2.24) is 15.8 Å². The summed E-state index contributed by atoms with van der Waals surface area (Å²) in [4.78, 5) is 25.4. The number of methoxy groups -OCH3 is 1. The molecule has 0 bridgehead atoms. The van der Waals surface area contributed by atoms with Gasteiger partial charge in [0.25, 0.3) is 5.91 Å². The number of urea groups is 1. The molecule has 8 heteroatoms. The number of hydrazine groups is 1. The number of hydrogen-bond acceptors (Lipinski definition) is 4. The van der Waals surface area contributed by atoms with E-state index in [4.69, 9.17) is 17.0 Å². The summed E-state index contributed by atoms with van der Waals surface area (Å²) in [7, 11) is 1.54. The van der Waals surface area contributed by atoms with E-state index in [0.29, 0.717) is 11.3 Å². The van der Waals surface area contributed by atoms with E-state index in [1.54, 1.807) is 38.3 Å². The first-order valence-electron chi connectivity index (χ1n) is 8.70. The second kappa shape index (κ2) is 7.47. The molecule has 3 amide bonds. The number of carbonyl (C=O) groups excluding carboxylic acids is 2. The quantitative estimate of drug-likeness (QED) is 0.543. The number of hydrogen-bond donors (Lipinski definition) is 3. The van der Waals surface area contributed by atoms with Crippen LogP contribution < -0.4 is 20.8 Å². The van der Waals surface area contributed by atoms with E-state index in [-0.39, 0.29) is 5.11 Å². The largest absolute Gasteiger partial charge is 0.497 e. The second-order valence-electron chi connectivity index (χ2n) is 6.81. The van der Waals surface area contributed by atoms with Gasteiger partial charge in [-0.3, -0.25) is 10.2 Å². The summed E-state index contributed by atoms with van der Waals surface area (Å²) in [5.41, 5.74) is 5.00. The SMILES string of the molecule is COc1cccc(C2(C)NC(=O)N(NC(=S)Nc3ccc(C)cc3C)C2=O)c1. The predicted octanol–water partition coefficient (Wildman–Crippen LogP) is 2.98. The number of anilines is 1. The molecule has 0 saturated carbocycles. The Morgan fingerprint density at radius 1 is 1.18 bits per heavy atom. The van der Waals surface area contributed by atoms with Gasteiger partial charge in [0.1, 0.15) is 11.3 Å². The van der Waals surface area contributed by atoms with Crippen LogP contribution in [-0.2, 0) is 10.3 Å². The first-order valence-corrected chi connectivity index (χ1v) is 9.11. The third-order valence-corrected chi connectivity index (χ3v) is 4.87. The molecule has 2 aromatic rings. The number of nitrogens with one attached hydrogen (secondary N) is 3. The number of rotatable bonds is 4. The first-order chi connectivity index (χ1) is 13.2. The highest BCUT2D eigenvalue weighted by Gasteiger charge is 2.50. The molecule has 1 fully saturated rings. The molecule has 0 radical (unpaired) electrons. The third kappa shape index (κ3) is 3.63. The average molecular weight is 398 g/mol. The highest BCUT2D eigenvalue weighted by molar-refractivity contribution is 7.80. The van der Waals surface area contributed by atoms with Crippen LogP contribution in [0, 0.1) is 13.8 Å². The first kappa shape index (κ1) is 19.6. The number of imide groups is 1. The van der Waals surface area contributed by atoms with Gasteiger partial charge in [-0.25, -0.2) is 4.79 Å². The molecule has 1 unspecified atom stereocenters. The van der Waals surface area contributed by atoms with Gasteiger partial charge in [0.2, 0.25) is 0 Å². The van der Waals surface area contributed by atoms with Crippen LogP contribution in [0.4, 0.5) is 10.5 Å². The van der Waals surface area contributed by atoms with Gasteiger partial charge in [-0.05, 0) is 62.3 Å². The Morgan fingerprint density at radius 3 is 2.61 bits per heavy atom. The molecular weight excluding hydrogens is 376 g/mol. The molecule has 0 aliphatic carbocycles. The fourth-order valence-corrected chi connectivity index (χ4v) is 3.28. The molecule has 7 nitrogen and oxygen atoms in total. The number of nitrogens with zero attached hydrogens (tertiary/aromatic N) is 1. The minimum atomic E-state index is -1.23. The van der Waals surface area contributed by atoms with Gasteiger partial charge in [0.15, 0.2) is 5.11 Å². The smallest absolute Gasteiger partial charge is 0.344 e. The minimum Gasteiger partial charge on any atom is -0.497 e. The molecule has 2 aromatic carbocycles.